The fourth-order valence-electron chi connectivity index (χ4n) is 2.66. The molecule has 1 heterocycles. The maximum atomic E-state index is 12.0. The average molecular weight is 352 g/mol. The van der Waals surface area contributed by atoms with Gasteiger partial charge in [-0.05, 0) is 54.6 Å². The lowest BCUT2D eigenvalue weighted by atomic mass is 10.1. The van der Waals surface area contributed by atoms with Crippen LogP contribution in [-0.2, 0) is 11.2 Å². The number of nitrogens with one attached hydrogen (secondary N) is 1. The third-order valence-electron chi connectivity index (χ3n) is 4.02. The second kappa shape index (κ2) is 7.57. The number of thioether (sulfide) groups is 1. The molecule has 0 aliphatic rings. The van der Waals surface area contributed by atoms with Gasteiger partial charge in [-0.3, -0.25) is 0 Å². The van der Waals surface area contributed by atoms with E-state index < -0.39 is 5.97 Å². The summed E-state index contributed by atoms with van der Waals surface area (Å²) >= 11 is 1.69. The van der Waals surface area contributed by atoms with Gasteiger partial charge < -0.3 is 10.1 Å². The highest BCUT2D eigenvalue weighted by Crippen LogP contribution is 2.29. The van der Waals surface area contributed by atoms with Crippen molar-refractivity contribution in [1.29, 1.82) is 0 Å². The first kappa shape index (κ1) is 17.3. The lowest BCUT2D eigenvalue weighted by Gasteiger charge is -2.13. The molecule has 4 nitrogen and oxygen atoms in total. The molecule has 0 unspecified atom stereocenters. The Hall–Kier alpha value is -2.53. The van der Waals surface area contributed by atoms with Gasteiger partial charge in [0.1, 0.15) is 0 Å². The van der Waals surface area contributed by atoms with Crippen LogP contribution in [0.1, 0.15) is 23.0 Å². The highest BCUT2D eigenvalue weighted by molar-refractivity contribution is 7.98. The lowest BCUT2D eigenvalue weighted by molar-refractivity contribution is 0.0594. The second-order valence-electron chi connectivity index (χ2n) is 5.61. The Bertz CT molecular complexity index is 925. The molecule has 2 aromatic carbocycles. The third kappa shape index (κ3) is 3.77. The minimum atomic E-state index is -0.442. The van der Waals surface area contributed by atoms with Crippen molar-refractivity contribution in [3.63, 3.8) is 0 Å². The molecule has 1 aromatic heterocycles. The van der Waals surface area contributed by atoms with E-state index >= 15 is 0 Å². The predicted molar refractivity (Wildman–Crippen MR) is 104 cm³/mol. The van der Waals surface area contributed by atoms with Crippen molar-refractivity contribution in [2.24, 2.45) is 0 Å². The fraction of sp³-hybridized carbons (Fsp3) is 0.200. The Labute approximate surface area is 151 Å². The lowest BCUT2D eigenvalue weighted by Crippen LogP contribution is -2.06. The molecule has 5 heteroatoms. The number of rotatable bonds is 5. The highest BCUT2D eigenvalue weighted by Gasteiger charge is 2.13. The van der Waals surface area contributed by atoms with Crippen LogP contribution >= 0.6 is 11.8 Å². The third-order valence-corrected chi connectivity index (χ3v) is 4.75. The van der Waals surface area contributed by atoms with Crippen molar-refractivity contribution < 1.29 is 9.53 Å². The van der Waals surface area contributed by atoms with Crippen LogP contribution < -0.4 is 5.32 Å². The van der Waals surface area contributed by atoms with Gasteiger partial charge in [0.05, 0.1) is 18.3 Å². The number of benzene rings is 2. The monoisotopic (exact) mass is 352 g/mol. The topological polar surface area (TPSA) is 51.2 Å². The van der Waals surface area contributed by atoms with E-state index in [1.807, 2.05) is 30.5 Å². The van der Waals surface area contributed by atoms with Crippen molar-refractivity contribution in [2.45, 2.75) is 18.2 Å². The molecule has 0 fully saturated rings. The maximum absolute atomic E-state index is 12.0. The largest absolute Gasteiger partial charge is 0.464 e. The van der Waals surface area contributed by atoms with Gasteiger partial charge in [-0.1, -0.05) is 19.1 Å². The van der Waals surface area contributed by atoms with E-state index in [9.17, 15) is 4.79 Å². The molecule has 0 aliphatic carbocycles. The van der Waals surface area contributed by atoms with Gasteiger partial charge in [0.2, 0.25) is 0 Å². The number of anilines is 2. The second-order valence-corrected chi connectivity index (χ2v) is 6.49. The number of fused-ring (bicyclic) bond motifs is 1. The molecule has 0 saturated carbocycles. The molecule has 1 N–H and O–H groups in total. The van der Waals surface area contributed by atoms with Gasteiger partial charge in [-0.25, -0.2) is 9.78 Å². The van der Waals surface area contributed by atoms with Crippen molar-refractivity contribution in [2.75, 3.05) is 18.7 Å². The molecule has 0 saturated heterocycles. The molecule has 0 atom stereocenters. The summed E-state index contributed by atoms with van der Waals surface area (Å²) in [6, 6.07) is 16.0. The van der Waals surface area contributed by atoms with Crippen molar-refractivity contribution in [1.82, 2.24) is 4.98 Å². The van der Waals surface area contributed by atoms with Gasteiger partial charge >= 0.3 is 5.97 Å². The van der Waals surface area contributed by atoms with E-state index in [0.29, 0.717) is 5.69 Å². The van der Waals surface area contributed by atoms with Crippen LogP contribution in [0.15, 0.2) is 53.4 Å². The quantitative estimate of drug-likeness (QED) is 0.514. The van der Waals surface area contributed by atoms with E-state index in [1.54, 1.807) is 17.8 Å². The summed E-state index contributed by atoms with van der Waals surface area (Å²) in [5.41, 5.74) is 4.10. The summed E-state index contributed by atoms with van der Waals surface area (Å²) in [5, 5.41) is 4.42. The number of aromatic nitrogens is 1. The average Bonchev–Trinajstić information content (AvgIpc) is 2.67. The summed E-state index contributed by atoms with van der Waals surface area (Å²) in [6.07, 6.45) is 2.99. The van der Waals surface area contributed by atoms with Crippen LogP contribution in [-0.4, -0.2) is 24.3 Å². The van der Waals surface area contributed by atoms with Gasteiger partial charge in [0.15, 0.2) is 5.69 Å². The number of carbonyl (C=O) groups is 1. The van der Waals surface area contributed by atoms with Crippen LogP contribution in [0.25, 0.3) is 10.9 Å². The van der Waals surface area contributed by atoms with Crippen LogP contribution in [0.3, 0.4) is 0 Å². The number of pyridine rings is 1. The minimum absolute atomic E-state index is 0.294. The molecule has 25 heavy (non-hydrogen) atoms. The fourth-order valence-corrected chi connectivity index (χ4v) is 3.12. The molecule has 0 spiro atoms. The smallest absolute Gasteiger partial charge is 0.356 e. The van der Waals surface area contributed by atoms with Crippen LogP contribution in [0.5, 0.6) is 0 Å². The van der Waals surface area contributed by atoms with Crippen molar-refractivity contribution >= 4 is 40.0 Å². The van der Waals surface area contributed by atoms with Gasteiger partial charge in [-0.15, -0.1) is 11.8 Å². The number of hydrogen-bond acceptors (Lipinski definition) is 5. The van der Waals surface area contributed by atoms with Crippen molar-refractivity contribution in [3.8, 4) is 0 Å². The summed E-state index contributed by atoms with van der Waals surface area (Å²) in [4.78, 5) is 17.6. The number of methoxy groups -OCH3 is 1. The first-order valence-corrected chi connectivity index (χ1v) is 9.30. The predicted octanol–water partition coefficient (Wildman–Crippen LogP) is 5.05. The normalized spacial score (nSPS) is 10.7. The van der Waals surface area contributed by atoms with Crippen LogP contribution in [0.2, 0.25) is 0 Å². The van der Waals surface area contributed by atoms with E-state index in [2.05, 4.69) is 35.4 Å². The van der Waals surface area contributed by atoms with E-state index in [1.165, 1.54) is 17.6 Å². The Morgan fingerprint density at radius 3 is 2.76 bits per heavy atom. The van der Waals surface area contributed by atoms with Gasteiger partial charge in [0, 0.05) is 16.0 Å². The number of nitrogens with zero attached hydrogens (tertiary/aromatic N) is 1. The Morgan fingerprint density at radius 2 is 2.04 bits per heavy atom. The standard InChI is InChI=1S/C20H20N2O2S/c1-4-13-8-9-17-16(10-13)18(12-19(22-17)20(23)24-2)21-14-6-5-7-15(11-14)25-3/h5-12H,4H2,1-3H3,(H,21,22). The maximum Gasteiger partial charge on any atom is 0.356 e. The van der Waals surface area contributed by atoms with E-state index in [0.717, 1.165) is 28.7 Å². The summed E-state index contributed by atoms with van der Waals surface area (Å²) in [6.45, 7) is 2.12. The molecule has 0 amide bonds. The number of carbonyl (C=O) groups excluding carboxylic acids is 1. The molecule has 3 aromatic rings. The summed E-state index contributed by atoms with van der Waals surface area (Å²) < 4.78 is 4.84. The Morgan fingerprint density at radius 1 is 1.20 bits per heavy atom. The zero-order chi connectivity index (χ0) is 17.8. The number of esters is 1. The highest BCUT2D eigenvalue weighted by atomic mass is 32.2. The summed E-state index contributed by atoms with van der Waals surface area (Å²) in [5.74, 6) is -0.442. The first-order valence-electron chi connectivity index (χ1n) is 8.07. The van der Waals surface area contributed by atoms with E-state index in [4.69, 9.17) is 4.74 Å². The molecule has 128 valence electrons. The molecular formula is C20H20N2O2S. The van der Waals surface area contributed by atoms with Crippen molar-refractivity contribution in [3.05, 3.63) is 59.8 Å². The van der Waals surface area contributed by atoms with Gasteiger partial charge in [-0.2, -0.15) is 0 Å². The first-order chi connectivity index (χ1) is 12.1. The van der Waals surface area contributed by atoms with Crippen LogP contribution in [0, 0.1) is 0 Å². The van der Waals surface area contributed by atoms with E-state index in [-0.39, 0.29) is 0 Å². The van der Waals surface area contributed by atoms with Gasteiger partial charge in [0.25, 0.3) is 0 Å². The molecule has 0 radical (unpaired) electrons. The SMILES string of the molecule is CCc1ccc2nc(C(=O)OC)cc(Nc3cccc(SC)c3)c2c1. The Balaban J connectivity index is 2.13. The zero-order valence-corrected chi connectivity index (χ0v) is 15.3. The van der Waals surface area contributed by atoms with Crippen LogP contribution in [0.4, 0.5) is 11.4 Å². The number of aryl methyl sites for hydroxylation is 1. The zero-order valence-electron chi connectivity index (χ0n) is 14.5. The minimum Gasteiger partial charge on any atom is -0.464 e. The molecule has 0 bridgehead atoms. The molecule has 3 rings (SSSR count). The Kier molecular flexibility index (Phi) is 5.24. The molecular weight excluding hydrogens is 332 g/mol. The molecule has 0 aliphatic heterocycles. The number of ether oxygens (including phenoxy) is 1. The number of hydrogen-bond donors (Lipinski definition) is 1. The summed E-state index contributed by atoms with van der Waals surface area (Å²) in [7, 11) is 1.36.